The maximum atomic E-state index is 12.4. The summed E-state index contributed by atoms with van der Waals surface area (Å²) in [5.74, 6) is 4.87. The van der Waals surface area contributed by atoms with Crippen molar-refractivity contribution in [2.45, 2.75) is 11.4 Å². The molecule has 5 N–H and O–H groups in total. The summed E-state index contributed by atoms with van der Waals surface area (Å²) >= 11 is 15.1. The first-order valence-electron chi connectivity index (χ1n) is 18.8. The molecule has 2 fully saturated rings. The summed E-state index contributed by atoms with van der Waals surface area (Å²) in [6, 6.07) is 22.4. The van der Waals surface area contributed by atoms with E-state index in [1.807, 2.05) is 88.8 Å². The second-order valence-electron chi connectivity index (χ2n) is 14.0. The number of nitriles is 1. The molecule has 0 bridgehead atoms. The lowest BCUT2D eigenvalue weighted by atomic mass is 10.1. The van der Waals surface area contributed by atoms with Crippen LogP contribution in [0.1, 0.15) is 21.5 Å². The van der Waals surface area contributed by atoms with E-state index in [2.05, 4.69) is 36.1 Å². The van der Waals surface area contributed by atoms with Crippen molar-refractivity contribution in [3.8, 4) is 16.0 Å². The highest BCUT2D eigenvalue weighted by atomic mass is 35.5. The van der Waals surface area contributed by atoms with Gasteiger partial charge < -0.3 is 15.1 Å². The van der Waals surface area contributed by atoms with Gasteiger partial charge in [-0.3, -0.25) is 39.7 Å². The molecule has 2 aromatic heterocycles. The van der Waals surface area contributed by atoms with Crippen molar-refractivity contribution in [2.24, 2.45) is 10.8 Å². The summed E-state index contributed by atoms with van der Waals surface area (Å²) in [4.78, 5) is 48.2. The number of halogens is 2. The van der Waals surface area contributed by atoms with E-state index < -0.39 is 0 Å². The number of thiocyanates is 1. The SMILES string of the molecule is CN1CCN(c2cccc(-c3nnc(Nc4ccc5[nH]ncc5c4Cl)s3)c2)C(=O)C1.CN1CCN(c2cccc(C(=O)NN)c2)C(=O)C1.N#CSc1ccc2c(c1Cl)C=NC2. The molecule has 0 atom stereocenters. The van der Waals surface area contributed by atoms with Gasteiger partial charge in [-0.05, 0) is 80.0 Å². The van der Waals surface area contributed by atoms with E-state index in [9.17, 15) is 14.4 Å². The van der Waals surface area contributed by atoms with Gasteiger partial charge >= 0.3 is 0 Å². The highest BCUT2D eigenvalue weighted by Crippen LogP contribution is 2.36. The zero-order valence-electron chi connectivity index (χ0n) is 32.9. The van der Waals surface area contributed by atoms with Crippen LogP contribution in [0.3, 0.4) is 0 Å². The zero-order valence-corrected chi connectivity index (χ0v) is 36.1. The molecular weight excluding hydrogens is 858 g/mol. The number of fused-ring (bicyclic) bond motifs is 2. The number of carbonyl (C=O) groups excluding carboxylic acids is 3. The van der Waals surface area contributed by atoms with Gasteiger partial charge in [-0.1, -0.05) is 58.8 Å². The molecule has 3 aliphatic rings. The van der Waals surface area contributed by atoms with Crippen molar-refractivity contribution in [3.63, 3.8) is 0 Å². The van der Waals surface area contributed by atoms with Gasteiger partial charge in [-0.2, -0.15) is 10.4 Å². The van der Waals surface area contributed by atoms with E-state index in [4.69, 9.17) is 34.3 Å². The first kappa shape index (κ1) is 43.2. The highest BCUT2D eigenvalue weighted by molar-refractivity contribution is 8.03. The minimum Gasteiger partial charge on any atom is -0.329 e. The van der Waals surface area contributed by atoms with Gasteiger partial charge in [0.15, 0.2) is 0 Å². The second-order valence-corrected chi connectivity index (χ2v) is 16.6. The average molecular weight is 897 g/mol. The van der Waals surface area contributed by atoms with E-state index in [0.29, 0.717) is 53.5 Å². The molecule has 2 saturated heterocycles. The summed E-state index contributed by atoms with van der Waals surface area (Å²) in [7, 11) is 3.87. The molecular formula is C41H39Cl2N13O3S2. The number of H-pyrrole nitrogens is 1. The third-order valence-corrected chi connectivity index (χ3v) is 12.3. The molecule has 16 nitrogen and oxygen atoms in total. The minimum absolute atomic E-state index is 0.0362. The summed E-state index contributed by atoms with van der Waals surface area (Å²) in [6.07, 6.45) is 3.46. The predicted octanol–water partition coefficient (Wildman–Crippen LogP) is 6.17. The van der Waals surface area contributed by atoms with Crippen molar-refractivity contribution in [1.29, 1.82) is 5.26 Å². The molecule has 61 heavy (non-hydrogen) atoms. The molecule has 0 spiro atoms. The maximum absolute atomic E-state index is 12.4. The van der Waals surface area contributed by atoms with Gasteiger partial charge in [0.05, 0.1) is 47.1 Å². The van der Waals surface area contributed by atoms with Crippen LogP contribution in [0.25, 0.3) is 21.5 Å². The number of aromatic amines is 1. The quantitative estimate of drug-likeness (QED) is 0.0467. The highest BCUT2D eigenvalue weighted by Gasteiger charge is 2.25. The smallest absolute Gasteiger partial charge is 0.265 e. The van der Waals surface area contributed by atoms with E-state index in [1.54, 1.807) is 35.5 Å². The Morgan fingerprint density at radius 3 is 2.30 bits per heavy atom. The lowest BCUT2D eigenvalue weighted by Crippen LogP contribution is -2.49. The van der Waals surface area contributed by atoms with Gasteiger partial charge in [-0.25, -0.2) is 5.84 Å². The van der Waals surface area contributed by atoms with Crippen molar-refractivity contribution in [3.05, 3.63) is 106 Å². The minimum atomic E-state index is -0.363. The fraction of sp³-hybridized carbons (Fsp3) is 0.220. The number of aromatic nitrogens is 4. The molecule has 20 heteroatoms. The van der Waals surface area contributed by atoms with Crippen molar-refractivity contribution in [1.82, 2.24) is 35.6 Å². The van der Waals surface area contributed by atoms with Crippen molar-refractivity contribution >= 4 is 103 Å². The number of aliphatic imine (C=N–C) groups is 1. The van der Waals surface area contributed by atoms with Gasteiger partial charge in [0.25, 0.3) is 5.91 Å². The molecule has 4 aromatic carbocycles. The van der Waals surface area contributed by atoms with Crippen LogP contribution in [-0.2, 0) is 16.1 Å². The van der Waals surface area contributed by atoms with Gasteiger partial charge in [0.2, 0.25) is 16.9 Å². The largest absolute Gasteiger partial charge is 0.329 e. The fourth-order valence-electron chi connectivity index (χ4n) is 6.67. The van der Waals surface area contributed by atoms with E-state index in [1.165, 1.54) is 11.3 Å². The number of piperazine rings is 2. The van der Waals surface area contributed by atoms with Crippen LogP contribution in [0.2, 0.25) is 10.0 Å². The zero-order chi connectivity index (χ0) is 43.0. The maximum Gasteiger partial charge on any atom is 0.265 e. The lowest BCUT2D eigenvalue weighted by Gasteiger charge is -2.32. The molecule has 6 aromatic rings. The number of hydrogen-bond acceptors (Lipinski definition) is 14. The second kappa shape index (κ2) is 19.6. The Hall–Kier alpha value is -5.91. The van der Waals surface area contributed by atoms with Crippen LogP contribution < -0.4 is 26.4 Å². The van der Waals surface area contributed by atoms with Crippen LogP contribution in [0, 0.1) is 10.7 Å². The van der Waals surface area contributed by atoms with Gasteiger partial charge in [-0.15, -0.1) is 10.2 Å². The molecule has 3 aliphatic heterocycles. The summed E-state index contributed by atoms with van der Waals surface area (Å²) in [5, 5.41) is 32.7. The van der Waals surface area contributed by atoms with Crippen LogP contribution in [-0.4, -0.2) is 107 Å². The number of carbonyl (C=O) groups is 3. The van der Waals surface area contributed by atoms with Crippen LogP contribution in [0.4, 0.5) is 22.2 Å². The Morgan fingerprint density at radius 1 is 0.902 bits per heavy atom. The topological polar surface area (TPSA) is 205 Å². The summed E-state index contributed by atoms with van der Waals surface area (Å²) in [5.41, 5.74) is 8.76. The number of nitrogen functional groups attached to an aromatic ring is 1. The van der Waals surface area contributed by atoms with E-state index in [0.717, 1.165) is 79.4 Å². The number of nitrogens with two attached hydrogens (primary N) is 1. The standard InChI is InChI=1S/C20H18ClN7OS.C12H16N4O2.C9H5ClN2S/c1-27-7-8-28(17(29)11-27)13-4-2-3-12(9-13)19-25-26-20(30-19)23-16-6-5-15-14(18(16)21)10-22-24-15;1-15-5-6-16(11(17)8-15)10-4-2-3-9(7-10)12(18)14-13;10-9-7-4-12-3-6(7)1-2-8(9)13-5-11/h2-6,9-10H,7-8,11H2,1H3,(H,22,24)(H,23,26);2-4,7H,5-6,8,13H2,1H3,(H,14,18);1-2,4H,3H2. The van der Waals surface area contributed by atoms with Crippen molar-refractivity contribution in [2.75, 3.05) is 68.5 Å². The predicted molar refractivity (Wildman–Crippen MR) is 242 cm³/mol. The average Bonchev–Trinajstić information content (AvgIpc) is 4.06. The first-order valence-corrected chi connectivity index (χ1v) is 21.2. The number of benzene rings is 4. The Bertz CT molecular complexity index is 2670. The van der Waals surface area contributed by atoms with Gasteiger partial charge in [0, 0.05) is 70.7 Å². The Balaban J connectivity index is 0.000000153. The Morgan fingerprint density at radius 2 is 1.61 bits per heavy atom. The number of hydrogen-bond donors (Lipinski definition) is 4. The number of nitrogens with zero attached hydrogens (tertiary/aromatic N) is 9. The summed E-state index contributed by atoms with van der Waals surface area (Å²) < 4.78 is 0. The third-order valence-electron chi connectivity index (χ3n) is 9.88. The Kier molecular flexibility index (Phi) is 13.9. The third kappa shape index (κ3) is 10.2. The molecule has 0 unspecified atom stereocenters. The van der Waals surface area contributed by atoms with E-state index >= 15 is 0 Å². The van der Waals surface area contributed by atoms with Gasteiger partial charge in [0.1, 0.15) is 10.4 Å². The lowest BCUT2D eigenvalue weighted by molar-refractivity contribution is -0.121. The van der Waals surface area contributed by atoms with Crippen LogP contribution in [0.5, 0.6) is 0 Å². The van der Waals surface area contributed by atoms with Crippen molar-refractivity contribution < 1.29 is 14.4 Å². The number of thioether (sulfide) groups is 1. The molecule has 9 rings (SSSR count). The molecule has 3 amide bonds. The number of hydrazine groups is 1. The number of anilines is 4. The first-order chi connectivity index (χ1) is 29.5. The monoisotopic (exact) mass is 895 g/mol. The number of nitrogens with one attached hydrogen (secondary N) is 3. The fourth-order valence-corrected chi connectivity index (χ4v) is 8.47. The molecule has 312 valence electrons. The molecule has 0 radical (unpaired) electrons. The summed E-state index contributed by atoms with van der Waals surface area (Å²) in [6.45, 7) is 4.50. The van der Waals surface area contributed by atoms with E-state index in [-0.39, 0.29) is 17.7 Å². The Labute approximate surface area is 369 Å². The van der Waals surface area contributed by atoms with Crippen LogP contribution in [0.15, 0.2) is 88.9 Å². The number of likely N-dealkylation sites (N-methyl/N-ethyl adjacent to an activating group) is 2. The molecule has 5 heterocycles. The molecule has 0 saturated carbocycles. The molecule has 0 aliphatic carbocycles. The normalized spacial score (nSPS) is 15.1. The van der Waals surface area contributed by atoms with Crippen LogP contribution >= 0.6 is 46.3 Å². The number of amides is 3. The number of rotatable bonds is 7.